The van der Waals surface area contributed by atoms with Gasteiger partial charge in [0, 0.05) is 47.1 Å². The summed E-state index contributed by atoms with van der Waals surface area (Å²) in [6.07, 6.45) is 0. The zero-order valence-electron chi connectivity index (χ0n) is 18.3. The Hall–Kier alpha value is -3.73. The minimum absolute atomic E-state index is 0.0632. The summed E-state index contributed by atoms with van der Waals surface area (Å²) >= 11 is 0. The van der Waals surface area contributed by atoms with Crippen molar-refractivity contribution in [2.45, 2.75) is 25.9 Å². The van der Waals surface area contributed by atoms with Crippen LogP contribution in [0.25, 0.3) is 22.0 Å². The van der Waals surface area contributed by atoms with Crippen LogP contribution in [0.2, 0.25) is 0 Å². The zero-order chi connectivity index (χ0) is 22.1. The maximum absolute atomic E-state index is 13.1. The van der Waals surface area contributed by atoms with Gasteiger partial charge in [-0.2, -0.15) is 0 Å². The molecule has 1 fully saturated rings. The molecule has 1 aliphatic heterocycles. The highest BCUT2D eigenvalue weighted by atomic mass is 16.2. The Labute approximate surface area is 188 Å². The summed E-state index contributed by atoms with van der Waals surface area (Å²) in [6.45, 7) is 5.61. The smallest absolute Gasteiger partial charge is 0.254 e. The second-order valence-electron chi connectivity index (χ2n) is 8.46. The highest BCUT2D eigenvalue weighted by molar-refractivity contribution is 6.00. The Morgan fingerprint density at radius 1 is 0.750 bits per heavy atom. The van der Waals surface area contributed by atoms with Gasteiger partial charge in [0.25, 0.3) is 5.91 Å². The van der Waals surface area contributed by atoms with E-state index in [4.69, 9.17) is 5.10 Å². The molecule has 0 unspecified atom stereocenters. The third-order valence-corrected chi connectivity index (χ3v) is 6.25. The van der Waals surface area contributed by atoms with Crippen molar-refractivity contribution in [2.24, 2.45) is 0 Å². The van der Waals surface area contributed by atoms with E-state index in [1.54, 1.807) is 0 Å². The number of nitrogens with zero attached hydrogens (tertiary/aromatic N) is 4. The number of amides is 1. The third kappa shape index (κ3) is 3.60. The van der Waals surface area contributed by atoms with Gasteiger partial charge in [-0.3, -0.25) is 4.79 Å². The van der Waals surface area contributed by atoms with Crippen molar-refractivity contribution >= 4 is 22.5 Å². The van der Waals surface area contributed by atoms with Gasteiger partial charge < -0.3 is 9.80 Å². The molecule has 1 amide bonds. The van der Waals surface area contributed by atoms with Gasteiger partial charge in [0.1, 0.15) is 5.69 Å². The fraction of sp³-hybridized carbons (Fsp3) is 0.222. The van der Waals surface area contributed by atoms with Crippen LogP contribution in [0.1, 0.15) is 24.2 Å². The van der Waals surface area contributed by atoms with Crippen LogP contribution in [0.5, 0.6) is 0 Å². The number of piperazine rings is 1. The van der Waals surface area contributed by atoms with Crippen molar-refractivity contribution in [3.8, 4) is 11.3 Å². The number of carbonyl (C=O) groups is 1. The maximum Gasteiger partial charge on any atom is 0.254 e. The lowest BCUT2D eigenvalue weighted by Crippen LogP contribution is -2.58. The van der Waals surface area contributed by atoms with Crippen molar-refractivity contribution in [1.29, 1.82) is 0 Å². The second-order valence-corrected chi connectivity index (χ2v) is 8.46. The van der Waals surface area contributed by atoms with E-state index in [2.05, 4.69) is 48.1 Å². The summed E-state index contributed by atoms with van der Waals surface area (Å²) < 4.78 is 0. The lowest BCUT2D eigenvalue weighted by Gasteiger charge is -2.44. The summed E-state index contributed by atoms with van der Waals surface area (Å²) in [5.41, 5.74) is 2.68. The summed E-state index contributed by atoms with van der Waals surface area (Å²) in [7, 11) is 0. The number of hydrogen-bond acceptors (Lipinski definition) is 4. The molecule has 3 aromatic carbocycles. The van der Waals surface area contributed by atoms with Crippen LogP contribution in [0.4, 0.5) is 5.82 Å². The molecule has 2 atom stereocenters. The normalized spacial score (nSPS) is 18.7. The molecule has 1 aromatic heterocycles. The van der Waals surface area contributed by atoms with Crippen molar-refractivity contribution in [3.63, 3.8) is 0 Å². The molecule has 160 valence electrons. The van der Waals surface area contributed by atoms with E-state index in [0.717, 1.165) is 33.4 Å². The van der Waals surface area contributed by atoms with Crippen molar-refractivity contribution in [3.05, 3.63) is 90.5 Å². The molecule has 2 heterocycles. The fourth-order valence-corrected chi connectivity index (χ4v) is 4.56. The largest absolute Gasteiger partial charge is 0.348 e. The molecule has 0 spiro atoms. The highest BCUT2D eigenvalue weighted by Gasteiger charge is 2.34. The van der Waals surface area contributed by atoms with Crippen LogP contribution in [-0.4, -0.2) is 46.2 Å². The Balaban J connectivity index is 1.48. The van der Waals surface area contributed by atoms with Crippen LogP contribution in [0, 0.1) is 0 Å². The Morgan fingerprint density at radius 2 is 1.38 bits per heavy atom. The Morgan fingerprint density at radius 3 is 2.09 bits per heavy atom. The van der Waals surface area contributed by atoms with Crippen LogP contribution in [-0.2, 0) is 0 Å². The van der Waals surface area contributed by atoms with Crippen LogP contribution in [0.3, 0.4) is 0 Å². The van der Waals surface area contributed by atoms with Gasteiger partial charge >= 0.3 is 0 Å². The average Bonchev–Trinajstić information content (AvgIpc) is 2.85. The number of aromatic nitrogens is 2. The number of rotatable bonds is 3. The van der Waals surface area contributed by atoms with Gasteiger partial charge in [0.15, 0.2) is 5.82 Å². The summed E-state index contributed by atoms with van der Waals surface area (Å²) in [5.74, 6) is 0.964. The van der Waals surface area contributed by atoms with E-state index in [-0.39, 0.29) is 18.0 Å². The van der Waals surface area contributed by atoms with Gasteiger partial charge in [-0.05, 0) is 26.0 Å². The summed E-state index contributed by atoms with van der Waals surface area (Å²) in [5, 5.41) is 11.5. The van der Waals surface area contributed by atoms with Crippen molar-refractivity contribution < 1.29 is 4.79 Å². The molecular formula is C27H26N4O. The van der Waals surface area contributed by atoms with E-state index < -0.39 is 0 Å². The van der Waals surface area contributed by atoms with Gasteiger partial charge in [0.2, 0.25) is 0 Å². The average molecular weight is 423 g/mol. The first kappa shape index (κ1) is 20.2. The van der Waals surface area contributed by atoms with E-state index >= 15 is 0 Å². The molecule has 0 N–H and O–H groups in total. The number of fused-ring (bicyclic) bond motifs is 1. The van der Waals surface area contributed by atoms with Gasteiger partial charge in [-0.1, -0.05) is 72.8 Å². The minimum atomic E-state index is 0.0632. The van der Waals surface area contributed by atoms with Gasteiger partial charge in [-0.25, -0.2) is 0 Å². The first-order valence-electron chi connectivity index (χ1n) is 11.1. The molecule has 5 heteroatoms. The number of carbonyl (C=O) groups excluding carboxylic acids is 1. The molecule has 0 radical (unpaired) electrons. The fourth-order valence-electron chi connectivity index (χ4n) is 4.56. The van der Waals surface area contributed by atoms with E-state index in [9.17, 15) is 4.79 Å². The quantitative estimate of drug-likeness (QED) is 0.464. The van der Waals surface area contributed by atoms with Gasteiger partial charge in [-0.15, -0.1) is 10.2 Å². The molecule has 0 saturated carbocycles. The maximum atomic E-state index is 13.1. The first-order valence-corrected chi connectivity index (χ1v) is 11.1. The van der Waals surface area contributed by atoms with E-state index in [0.29, 0.717) is 13.1 Å². The molecule has 5 rings (SSSR count). The Kier molecular flexibility index (Phi) is 5.31. The summed E-state index contributed by atoms with van der Waals surface area (Å²) in [4.78, 5) is 17.4. The molecule has 1 aliphatic rings. The molecule has 4 aromatic rings. The standard InChI is InChI=1S/C27H26N4O/c1-19-18-31(27(32)22-13-7-4-8-14-22)20(2)17-30(19)26-24-16-10-9-15-23(24)25(28-29-26)21-11-5-3-6-12-21/h3-16,19-20H,17-18H2,1-2H3/t19-,20+/m1/s1. The third-order valence-electron chi connectivity index (χ3n) is 6.25. The monoisotopic (exact) mass is 422 g/mol. The number of hydrogen-bond donors (Lipinski definition) is 0. The van der Waals surface area contributed by atoms with E-state index in [1.807, 2.05) is 65.6 Å². The molecule has 5 nitrogen and oxygen atoms in total. The van der Waals surface area contributed by atoms with E-state index in [1.165, 1.54) is 0 Å². The summed E-state index contributed by atoms with van der Waals surface area (Å²) in [6, 6.07) is 28.2. The number of anilines is 1. The van der Waals surface area contributed by atoms with Crippen LogP contribution < -0.4 is 4.90 Å². The molecular weight excluding hydrogens is 396 g/mol. The van der Waals surface area contributed by atoms with Crippen molar-refractivity contribution in [1.82, 2.24) is 15.1 Å². The minimum Gasteiger partial charge on any atom is -0.348 e. The molecule has 32 heavy (non-hydrogen) atoms. The zero-order valence-corrected chi connectivity index (χ0v) is 18.3. The molecule has 0 aliphatic carbocycles. The molecule has 1 saturated heterocycles. The highest BCUT2D eigenvalue weighted by Crippen LogP contribution is 2.33. The Bertz CT molecular complexity index is 1240. The predicted molar refractivity (Wildman–Crippen MR) is 129 cm³/mol. The topological polar surface area (TPSA) is 49.3 Å². The SMILES string of the molecule is C[C@@H]1CN(C(=O)c2ccccc2)[C@@H](C)CN1c1nnc(-c2ccccc2)c2ccccc12. The van der Waals surface area contributed by atoms with Crippen LogP contribution >= 0.6 is 0 Å². The first-order chi connectivity index (χ1) is 15.6. The van der Waals surface area contributed by atoms with Gasteiger partial charge in [0.05, 0.1) is 0 Å². The lowest BCUT2D eigenvalue weighted by atomic mass is 10.0. The van der Waals surface area contributed by atoms with Crippen molar-refractivity contribution in [2.75, 3.05) is 18.0 Å². The van der Waals surface area contributed by atoms with Crippen LogP contribution in [0.15, 0.2) is 84.9 Å². The molecule has 0 bridgehead atoms. The second kappa shape index (κ2) is 8.42. The number of benzene rings is 3. The predicted octanol–water partition coefficient (Wildman–Crippen LogP) is 5.04. The lowest BCUT2D eigenvalue weighted by molar-refractivity contribution is 0.0644.